The number of rotatable bonds is 6. The number of carbonyl (C=O) groups is 1. The van der Waals surface area contributed by atoms with E-state index in [0.717, 1.165) is 5.56 Å². The second-order valence-corrected chi connectivity index (χ2v) is 5.30. The van der Waals surface area contributed by atoms with E-state index in [4.69, 9.17) is 0 Å². The summed E-state index contributed by atoms with van der Waals surface area (Å²) in [5.74, 6) is 0.221. The van der Waals surface area contributed by atoms with Crippen LogP contribution in [-0.4, -0.2) is 37.0 Å². The minimum Gasteiger partial charge on any atom is -0.299 e. The first-order valence-electron chi connectivity index (χ1n) is 6.57. The van der Waals surface area contributed by atoms with Crippen molar-refractivity contribution in [3.05, 3.63) is 35.4 Å². The van der Waals surface area contributed by atoms with E-state index in [1.807, 2.05) is 12.1 Å². The van der Waals surface area contributed by atoms with Crippen LogP contribution in [0.5, 0.6) is 0 Å². The molecule has 20 heavy (non-hydrogen) atoms. The van der Waals surface area contributed by atoms with Crippen molar-refractivity contribution in [2.24, 2.45) is 0 Å². The van der Waals surface area contributed by atoms with Crippen molar-refractivity contribution in [3.8, 4) is 0 Å². The van der Waals surface area contributed by atoms with Crippen LogP contribution in [0.2, 0.25) is 0 Å². The number of alkyl halides is 3. The molecule has 0 saturated heterocycles. The van der Waals surface area contributed by atoms with Gasteiger partial charge in [0, 0.05) is 12.1 Å². The summed E-state index contributed by atoms with van der Waals surface area (Å²) < 4.78 is 36.3. The van der Waals surface area contributed by atoms with Crippen LogP contribution in [0.3, 0.4) is 0 Å². The zero-order valence-corrected chi connectivity index (χ0v) is 12.0. The molecule has 0 spiro atoms. The molecule has 0 aliphatic rings. The van der Waals surface area contributed by atoms with Gasteiger partial charge in [0.25, 0.3) is 0 Å². The van der Waals surface area contributed by atoms with Crippen LogP contribution in [0.15, 0.2) is 24.3 Å². The Bertz CT molecular complexity index is 437. The van der Waals surface area contributed by atoms with Gasteiger partial charge in [0.1, 0.15) is 0 Å². The lowest BCUT2D eigenvalue weighted by Crippen LogP contribution is -2.29. The molecule has 0 unspecified atom stereocenters. The maximum absolute atomic E-state index is 12.1. The maximum Gasteiger partial charge on any atom is 0.390 e. The summed E-state index contributed by atoms with van der Waals surface area (Å²) in [4.78, 5) is 13.3. The van der Waals surface area contributed by atoms with E-state index in [1.165, 1.54) is 11.9 Å². The first-order chi connectivity index (χ1) is 9.19. The first-order valence-corrected chi connectivity index (χ1v) is 6.57. The molecule has 0 atom stereocenters. The second kappa shape index (κ2) is 6.88. The highest BCUT2D eigenvalue weighted by molar-refractivity contribution is 5.97. The number of halogens is 3. The van der Waals surface area contributed by atoms with Crippen LogP contribution in [0, 0.1) is 0 Å². The summed E-state index contributed by atoms with van der Waals surface area (Å²) >= 11 is 0. The van der Waals surface area contributed by atoms with Crippen molar-refractivity contribution in [3.63, 3.8) is 0 Å². The third-order valence-corrected chi connectivity index (χ3v) is 3.09. The normalized spacial score (nSPS) is 12.2. The van der Waals surface area contributed by atoms with Gasteiger partial charge in [-0.3, -0.25) is 9.69 Å². The minimum atomic E-state index is -4.18. The number of hydrogen-bond acceptors (Lipinski definition) is 2. The van der Waals surface area contributed by atoms with E-state index in [2.05, 4.69) is 13.8 Å². The highest BCUT2D eigenvalue weighted by Gasteiger charge is 2.27. The first kappa shape index (κ1) is 16.7. The summed E-state index contributed by atoms with van der Waals surface area (Å²) in [6.07, 6.45) is -5.08. The fourth-order valence-electron chi connectivity index (χ4n) is 1.79. The highest BCUT2D eigenvalue weighted by Crippen LogP contribution is 2.19. The fraction of sp³-hybridized carbons (Fsp3) is 0.533. The van der Waals surface area contributed by atoms with Gasteiger partial charge in [0.05, 0.1) is 13.0 Å². The number of hydrogen-bond donors (Lipinski definition) is 0. The third-order valence-electron chi connectivity index (χ3n) is 3.09. The van der Waals surface area contributed by atoms with Gasteiger partial charge in [-0.25, -0.2) is 0 Å². The number of carbonyl (C=O) groups excluding carboxylic acids is 1. The number of benzene rings is 1. The minimum absolute atomic E-state index is 0.00287. The standard InChI is InChI=1S/C15H20F3NO/c1-11(2)12-4-6-13(7-5-12)14(20)10-19(3)9-8-15(16,17)18/h4-7,11H,8-10H2,1-3H3. The lowest BCUT2D eigenvalue weighted by Gasteiger charge is -2.17. The highest BCUT2D eigenvalue weighted by atomic mass is 19.4. The molecule has 0 radical (unpaired) electrons. The Hall–Kier alpha value is -1.36. The SMILES string of the molecule is CC(C)c1ccc(C(=O)CN(C)CCC(F)(F)F)cc1. The van der Waals surface area contributed by atoms with Crippen LogP contribution in [0.4, 0.5) is 13.2 Å². The molecule has 0 bridgehead atoms. The van der Waals surface area contributed by atoms with E-state index in [-0.39, 0.29) is 18.9 Å². The predicted octanol–water partition coefficient (Wildman–Crippen LogP) is 3.88. The van der Waals surface area contributed by atoms with Crippen molar-refractivity contribution in [2.45, 2.75) is 32.4 Å². The lowest BCUT2D eigenvalue weighted by molar-refractivity contribution is -0.137. The lowest BCUT2D eigenvalue weighted by atomic mass is 10.0. The van der Waals surface area contributed by atoms with Gasteiger partial charge in [0.2, 0.25) is 0 Å². The van der Waals surface area contributed by atoms with Gasteiger partial charge >= 0.3 is 6.18 Å². The Morgan fingerprint density at radius 3 is 2.20 bits per heavy atom. The molecule has 0 N–H and O–H groups in total. The van der Waals surface area contributed by atoms with Crippen molar-refractivity contribution in [2.75, 3.05) is 20.1 Å². The zero-order chi connectivity index (χ0) is 15.3. The van der Waals surface area contributed by atoms with Gasteiger partial charge < -0.3 is 0 Å². The van der Waals surface area contributed by atoms with Gasteiger partial charge in [0.15, 0.2) is 5.78 Å². The maximum atomic E-state index is 12.1. The number of ketones is 1. The zero-order valence-electron chi connectivity index (χ0n) is 12.0. The molecular weight excluding hydrogens is 267 g/mol. The van der Waals surface area contributed by atoms with Crippen LogP contribution in [0.25, 0.3) is 0 Å². The molecule has 0 fully saturated rings. The Morgan fingerprint density at radius 1 is 1.20 bits per heavy atom. The second-order valence-electron chi connectivity index (χ2n) is 5.30. The Labute approximate surface area is 117 Å². The fourth-order valence-corrected chi connectivity index (χ4v) is 1.79. The molecule has 0 aromatic heterocycles. The van der Waals surface area contributed by atoms with Crippen LogP contribution < -0.4 is 0 Å². The quantitative estimate of drug-likeness (QED) is 0.740. The molecule has 1 rings (SSSR count). The number of nitrogens with zero attached hydrogens (tertiary/aromatic N) is 1. The molecular formula is C15H20F3NO. The molecule has 0 heterocycles. The van der Waals surface area contributed by atoms with Crippen LogP contribution in [-0.2, 0) is 0 Å². The monoisotopic (exact) mass is 287 g/mol. The molecule has 1 aromatic carbocycles. The van der Waals surface area contributed by atoms with E-state index in [9.17, 15) is 18.0 Å². The van der Waals surface area contributed by atoms with Gasteiger partial charge in [-0.15, -0.1) is 0 Å². The average Bonchev–Trinajstić information content (AvgIpc) is 2.35. The molecule has 0 aliphatic carbocycles. The van der Waals surface area contributed by atoms with Crippen molar-refractivity contribution >= 4 is 5.78 Å². The molecule has 2 nitrogen and oxygen atoms in total. The number of likely N-dealkylation sites (N-methyl/N-ethyl adjacent to an activating group) is 1. The van der Waals surface area contributed by atoms with Crippen molar-refractivity contribution in [1.29, 1.82) is 0 Å². The van der Waals surface area contributed by atoms with Gasteiger partial charge in [-0.2, -0.15) is 13.2 Å². The van der Waals surface area contributed by atoms with Crippen LogP contribution >= 0.6 is 0 Å². The van der Waals surface area contributed by atoms with Gasteiger partial charge in [-0.1, -0.05) is 38.1 Å². The Morgan fingerprint density at radius 2 is 1.75 bits per heavy atom. The molecule has 112 valence electrons. The van der Waals surface area contributed by atoms with E-state index in [1.54, 1.807) is 12.1 Å². The summed E-state index contributed by atoms with van der Waals surface area (Å²) in [6, 6.07) is 7.23. The van der Waals surface area contributed by atoms with Crippen molar-refractivity contribution in [1.82, 2.24) is 4.90 Å². The summed E-state index contributed by atoms with van der Waals surface area (Å²) in [5.41, 5.74) is 1.67. The topological polar surface area (TPSA) is 20.3 Å². The van der Waals surface area contributed by atoms with Crippen molar-refractivity contribution < 1.29 is 18.0 Å². The number of Topliss-reactive ketones (excluding diaryl/α,β-unsaturated/α-hetero) is 1. The summed E-state index contributed by atoms with van der Waals surface area (Å²) in [5, 5.41) is 0. The largest absolute Gasteiger partial charge is 0.390 e. The smallest absolute Gasteiger partial charge is 0.299 e. The molecule has 0 amide bonds. The molecule has 0 aliphatic heterocycles. The summed E-state index contributed by atoms with van der Waals surface area (Å²) in [7, 11) is 1.52. The average molecular weight is 287 g/mol. The molecule has 1 aromatic rings. The van der Waals surface area contributed by atoms with E-state index in [0.29, 0.717) is 11.5 Å². The Kier molecular flexibility index (Phi) is 5.74. The summed E-state index contributed by atoms with van der Waals surface area (Å²) in [6.45, 7) is 3.94. The van der Waals surface area contributed by atoms with Crippen LogP contribution in [0.1, 0.15) is 42.1 Å². The molecule has 0 saturated carbocycles. The van der Waals surface area contributed by atoms with Gasteiger partial charge in [-0.05, 0) is 18.5 Å². The third kappa shape index (κ3) is 5.74. The van der Waals surface area contributed by atoms with E-state index < -0.39 is 12.6 Å². The Balaban J connectivity index is 2.53. The van der Waals surface area contributed by atoms with E-state index >= 15 is 0 Å². The molecule has 5 heteroatoms. The predicted molar refractivity (Wildman–Crippen MR) is 73.0 cm³/mol.